The quantitative estimate of drug-likeness (QED) is 0.462. The van der Waals surface area contributed by atoms with E-state index in [1.807, 2.05) is 17.0 Å². The number of anilines is 1. The second-order valence-electron chi connectivity index (χ2n) is 10.9. The van der Waals surface area contributed by atoms with Gasteiger partial charge in [0.25, 0.3) is 0 Å². The van der Waals surface area contributed by atoms with E-state index < -0.39 is 11.9 Å². The molecule has 7 nitrogen and oxygen atoms in total. The van der Waals surface area contributed by atoms with Gasteiger partial charge in [-0.05, 0) is 61.6 Å². The van der Waals surface area contributed by atoms with Crippen LogP contribution in [0.4, 0.5) is 19.0 Å². The van der Waals surface area contributed by atoms with E-state index in [1.54, 1.807) is 0 Å². The molecular formula is C26H26ClF3N6O. The smallest absolute Gasteiger partial charge is 0.433 e. The van der Waals surface area contributed by atoms with Crippen LogP contribution in [0.25, 0.3) is 5.69 Å². The van der Waals surface area contributed by atoms with Crippen LogP contribution in [0, 0.1) is 5.41 Å². The van der Waals surface area contributed by atoms with Gasteiger partial charge in [-0.1, -0.05) is 11.6 Å². The number of fused-ring (bicyclic) bond motifs is 3. The highest BCUT2D eigenvalue weighted by molar-refractivity contribution is 6.30. The molecule has 11 heteroatoms. The lowest BCUT2D eigenvalue weighted by molar-refractivity contribution is -0.141. The third-order valence-corrected chi connectivity index (χ3v) is 8.48. The summed E-state index contributed by atoms with van der Waals surface area (Å²) in [6.07, 6.45) is -0.239. The van der Waals surface area contributed by atoms with Gasteiger partial charge in [-0.15, -0.1) is 10.2 Å². The topological polar surface area (TPSA) is 59.3 Å². The molecule has 1 aromatic carbocycles. The number of aromatic nitrogens is 4. The maximum absolute atomic E-state index is 13.2. The Bertz CT molecular complexity index is 1370. The third-order valence-electron chi connectivity index (χ3n) is 8.24. The van der Waals surface area contributed by atoms with Gasteiger partial charge in [0.1, 0.15) is 11.5 Å². The molecule has 0 atom stereocenters. The molecule has 4 aliphatic rings. The highest BCUT2D eigenvalue weighted by Gasteiger charge is 2.55. The van der Waals surface area contributed by atoms with Gasteiger partial charge in [-0.25, -0.2) is 4.98 Å². The van der Waals surface area contributed by atoms with Crippen molar-refractivity contribution >= 4 is 17.4 Å². The van der Waals surface area contributed by atoms with Crippen molar-refractivity contribution in [3.63, 3.8) is 0 Å². The average Bonchev–Trinajstić information content (AvgIpc) is 3.60. The van der Waals surface area contributed by atoms with Crippen molar-refractivity contribution in [1.82, 2.24) is 24.6 Å². The van der Waals surface area contributed by atoms with Crippen LogP contribution in [-0.4, -0.2) is 50.9 Å². The summed E-state index contributed by atoms with van der Waals surface area (Å²) in [5, 5.41) is 9.98. The summed E-state index contributed by atoms with van der Waals surface area (Å²) in [5.41, 5.74) is 1.43. The first-order valence-corrected chi connectivity index (χ1v) is 12.9. The molecule has 2 aliphatic carbocycles. The fourth-order valence-corrected chi connectivity index (χ4v) is 6.53. The normalized spacial score (nSPS) is 21.2. The Balaban J connectivity index is 1.12. The molecule has 0 amide bonds. The molecule has 1 saturated heterocycles. The van der Waals surface area contributed by atoms with Gasteiger partial charge in [0.2, 0.25) is 0 Å². The Hall–Kier alpha value is -2.85. The van der Waals surface area contributed by atoms with Crippen LogP contribution in [0.15, 0.2) is 30.3 Å². The van der Waals surface area contributed by atoms with E-state index in [-0.39, 0.29) is 17.2 Å². The predicted molar refractivity (Wildman–Crippen MR) is 131 cm³/mol. The number of hydrogen-bond acceptors (Lipinski definition) is 6. The number of alkyl halides is 3. The van der Waals surface area contributed by atoms with Crippen LogP contribution >= 0.6 is 11.6 Å². The Morgan fingerprint density at radius 1 is 1.05 bits per heavy atom. The van der Waals surface area contributed by atoms with Gasteiger partial charge in [0, 0.05) is 42.0 Å². The predicted octanol–water partition coefficient (Wildman–Crippen LogP) is 5.21. The Morgan fingerprint density at radius 2 is 1.84 bits per heavy atom. The van der Waals surface area contributed by atoms with Crippen molar-refractivity contribution in [2.45, 2.75) is 56.9 Å². The summed E-state index contributed by atoms with van der Waals surface area (Å²) in [4.78, 5) is 8.24. The molecule has 0 unspecified atom stereocenters. The van der Waals surface area contributed by atoms with Crippen molar-refractivity contribution < 1.29 is 17.9 Å². The number of ether oxygens (including phenoxy) is 1. The van der Waals surface area contributed by atoms with Gasteiger partial charge in [-0.3, -0.25) is 9.47 Å². The minimum Gasteiger partial charge on any atom is -0.493 e. The minimum atomic E-state index is -4.49. The number of halogens is 4. The SMILES string of the molecule is COc1ccc(C(F)(F)F)nc1N1CC2(CC(c3nnc4n3-c3ccc(Cl)cc3CN(C3CC3)C4)C2)C1. The largest absolute Gasteiger partial charge is 0.493 e. The lowest BCUT2D eigenvalue weighted by Crippen LogP contribution is -2.62. The van der Waals surface area contributed by atoms with Gasteiger partial charge in [0.15, 0.2) is 17.4 Å². The van der Waals surface area contributed by atoms with Crippen LogP contribution in [-0.2, 0) is 19.3 Å². The third kappa shape index (κ3) is 3.87. The number of rotatable bonds is 4. The first-order valence-electron chi connectivity index (χ1n) is 12.6. The van der Waals surface area contributed by atoms with Crippen molar-refractivity contribution in [3.05, 3.63) is 58.3 Å². The molecule has 7 rings (SSSR count). The van der Waals surface area contributed by atoms with Gasteiger partial charge in [0.05, 0.1) is 19.3 Å². The monoisotopic (exact) mass is 530 g/mol. The highest BCUT2D eigenvalue weighted by atomic mass is 35.5. The number of methoxy groups -OCH3 is 1. The van der Waals surface area contributed by atoms with Crippen molar-refractivity contribution in [3.8, 4) is 11.4 Å². The Labute approximate surface area is 217 Å². The van der Waals surface area contributed by atoms with Crippen LogP contribution in [0.3, 0.4) is 0 Å². The summed E-state index contributed by atoms with van der Waals surface area (Å²) in [7, 11) is 1.45. The molecule has 194 valence electrons. The van der Waals surface area contributed by atoms with Gasteiger partial charge in [-0.2, -0.15) is 13.2 Å². The van der Waals surface area contributed by atoms with E-state index in [0.29, 0.717) is 24.9 Å². The fourth-order valence-electron chi connectivity index (χ4n) is 6.33. The molecule has 2 aliphatic heterocycles. The van der Waals surface area contributed by atoms with Crippen LogP contribution in [0.2, 0.25) is 5.02 Å². The van der Waals surface area contributed by atoms with E-state index in [0.717, 1.165) is 54.4 Å². The molecular weight excluding hydrogens is 505 g/mol. The second-order valence-corrected chi connectivity index (χ2v) is 11.3. The first-order chi connectivity index (χ1) is 17.7. The van der Waals surface area contributed by atoms with E-state index in [1.165, 1.54) is 31.6 Å². The summed E-state index contributed by atoms with van der Waals surface area (Å²) >= 11 is 6.36. The van der Waals surface area contributed by atoms with Crippen LogP contribution < -0.4 is 9.64 Å². The van der Waals surface area contributed by atoms with Crippen LogP contribution in [0.5, 0.6) is 5.75 Å². The van der Waals surface area contributed by atoms with Gasteiger partial charge >= 0.3 is 6.18 Å². The number of benzene rings is 1. The number of nitrogens with zero attached hydrogens (tertiary/aromatic N) is 6. The Morgan fingerprint density at radius 3 is 2.54 bits per heavy atom. The highest BCUT2D eigenvalue weighted by Crippen LogP contribution is 2.57. The maximum atomic E-state index is 13.2. The van der Waals surface area contributed by atoms with E-state index in [4.69, 9.17) is 16.3 Å². The summed E-state index contributed by atoms with van der Waals surface area (Å²) in [6.45, 7) is 2.91. The molecule has 4 heterocycles. The molecule has 0 N–H and O–H groups in total. The zero-order valence-corrected chi connectivity index (χ0v) is 21.1. The lowest BCUT2D eigenvalue weighted by Gasteiger charge is -2.59. The van der Waals surface area contributed by atoms with E-state index >= 15 is 0 Å². The second kappa shape index (κ2) is 8.07. The number of hydrogen-bond donors (Lipinski definition) is 0. The summed E-state index contributed by atoms with van der Waals surface area (Å²) in [5.74, 6) is 2.79. The summed E-state index contributed by atoms with van der Waals surface area (Å²) < 4.78 is 47.3. The molecule has 0 bridgehead atoms. The van der Waals surface area contributed by atoms with E-state index in [2.05, 4.69) is 30.7 Å². The molecule has 3 fully saturated rings. The minimum absolute atomic E-state index is 0.0472. The first kappa shape index (κ1) is 23.3. The molecule has 3 aromatic rings. The molecule has 0 radical (unpaired) electrons. The average molecular weight is 531 g/mol. The standard InChI is InChI=1S/C26H26ClF3N6O/c1-37-20-6-7-21(26(28,29)30)31-24(20)35-13-25(14-35)9-16(10-25)23-33-32-22-12-34(18-3-4-18)11-15-8-17(27)2-5-19(15)36(22)23/h2,5-8,16,18H,3-4,9-14H2,1H3. The molecule has 37 heavy (non-hydrogen) atoms. The zero-order valence-electron chi connectivity index (χ0n) is 20.3. The van der Waals surface area contributed by atoms with Crippen LogP contribution in [0.1, 0.15) is 54.5 Å². The van der Waals surface area contributed by atoms with Crippen molar-refractivity contribution in [2.75, 3.05) is 25.1 Å². The maximum Gasteiger partial charge on any atom is 0.433 e. The van der Waals surface area contributed by atoms with E-state index in [9.17, 15) is 13.2 Å². The van der Waals surface area contributed by atoms with Gasteiger partial charge < -0.3 is 9.64 Å². The molecule has 1 spiro atoms. The zero-order chi connectivity index (χ0) is 25.5. The Kier molecular flexibility index (Phi) is 5.08. The fraction of sp³-hybridized carbons (Fsp3) is 0.500. The summed E-state index contributed by atoms with van der Waals surface area (Å²) in [6, 6.07) is 8.93. The lowest BCUT2D eigenvalue weighted by atomic mass is 9.57. The molecule has 2 aromatic heterocycles. The number of pyridine rings is 1. The molecule has 2 saturated carbocycles. The van der Waals surface area contributed by atoms with Crippen molar-refractivity contribution in [1.29, 1.82) is 0 Å². The van der Waals surface area contributed by atoms with Crippen molar-refractivity contribution in [2.24, 2.45) is 5.41 Å².